The summed E-state index contributed by atoms with van der Waals surface area (Å²) >= 11 is 1.42. The molecule has 1 unspecified atom stereocenters. The highest BCUT2D eigenvalue weighted by atomic mass is 32.2. The van der Waals surface area contributed by atoms with E-state index in [2.05, 4.69) is 19.8 Å². The first-order chi connectivity index (χ1) is 16.0. The van der Waals surface area contributed by atoms with E-state index in [0.29, 0.717) is 30.4 Å². The van der Waals surface area contributed by atoms with Gasteiger partial charge in [0.1, 0.15) is 10.7 Å². The number of allylic oxidation sites excluding steroid dienone is 1. The molecule has 5 heterocycles. The molecular weight excluding hydrogens is 445 g/mol. The summed E-state index contributed by atoms with van der Waals surface area (Å²) in [5.41, 5.74) is 7.05. The van der Waals surface area contributed by atoms with Crippen LogP contribution in [0.3, 0.4) is 0 Å². The third-order valence-electron chi connectivity index (χ3n) is 7.35. The van der Waals surface area contributed by atoms with Crippen molar-refractivity contribution in [3.63, 3.8) is 0 Å². The van der Waals surface area contributed by atoms with E-state index in [1.165, 1.54) is 11.9 Å². The molecule has 3 fully saturated rings. The third kappa shape index (κ3) is 4.37. The van der Waals surface area contributed by atoms with Gasteiger partial charge in [0.15, 0.2) is 12.1 Å². The van der Waals surface area contributed by atoms with E-state index in [-0.39, 0.29) is 43.0 Å². The van der Waals surface area contributed by atoms with Gasteiger partial charge in [-0.15, -0.1) is 0 Å². The Labute approximate surface area is 198 Å². The average molecular weight is 478 g/mol. The molecule has 0 saturated carbocycles. The van der Waals surface area contributed by atoms with E-state index in [1.807, 2.05) is 23.5 Å². The zero-order valence-electron chi connectivity index (χ0n) is 18.9. The minimum Gasteiger partial charge on any atom is -0.390 e. The highest BCUT2D eigenvalue weighted by Gasteiger charge is 2.47. The Balaban J connectivity index is 1.25. The minimum atomic E-state index is -0.293. The maximum absolute atomic E-state index is 12.9. The van der Waals surface area contributed by atoms with Crippen molar-refractivity contribution in [3.05, 3.63) is 24.2 Å². The number of aliphatic hydroxyl groups excluding tert-OH is 1. The minimum absolute atomic E-state index is 0.0344. The van der Waals surface area contributed by atoms with Crippen LogP contribution in [-0.4, -0.2) is 88.4 Å². The van der Waals surface area contributed by atoms with Gasteiger partial charge in [0.2, 0.25) is 0 Å². The molecule has 1 spiro atoms. The molecule has 3 saturated heterocycles. The maximum atomic E-state index is 12.9. The first-order valence-corrected chi connectivity index (χ1v) is 12.4. The van der Waals surface area contributed by atoms with Crippen LogP contribution in [0.1, 0.15) is 25.5 Å². The molecule has 33 heavy (non-hydrogen) atoms. The van der Waals surface area contributed by atoms with Crippen molar-refractivity contribution in [2.24, 2.45) is 22.1 Å². The van der Waals surface area contributed by atoms with E-state index < -0.39 is 0 Å². The molecule has 3 N–H and O–H groups in total. The predicted molar refractivity (Wildman–Crippen MR) is 125 cm³/mol. The summed E-state index contributed by atoms with van der Waals surface area (Å²) in [6.45, 7) is 5.31. The molecule has 0 aromatic carbocycles. The lowest BCUT2D eigenvalue weighted by Crippen LogP contribution is -2.56. The van der Waals surface area contributed by atoms with Gasteiger partial charge in [-0.25, -0.2) is 9.97 Å². The third-order valence-corrected chi connectivity index (χ3v) is 8.26. The second kappa shape index (κ2) is 9.46. The standard InChI is InChI=1S/C22H32FN7O2S/c1-15-19(24)22(14-32-15)3-7-28(8-4-22)20-17(13-31)27-18(10-26-20)33-30-6-2-5-25-21(30)29-11-16(9-23)12-29/h2,5-6,10,15-16,19,21,31H,3-4,7-9,11-14,24H2,1H3/t15-,19+,21?/m0/s1. The smallest absolute Gasteiger partial charge is 0.187 e. The largest absolute Gasteiger partial charge is 0.390 e. The normalized spacial score (nSPS) is 29.8. The average Bonchev–Trinajstić information content (AvgIpc) is 3.08. The molecule has 4 aliphatic rings. The molecule has 5 rings (SSSR count). The highest BCUT2D eigenvalue weighted by Crippen LogP contribution is 2.42. The molecule has 180 valence electrons. The van der Waals surface area contributed by atoms with Gasteiger partial charge in [-0.05, 0) is 25.8 Å². The van der Waals surface area contributed by atoms with Crippen molar-refractivity contribution in [1.82, 2.24) is 19.2 Å². The first-order valence-electron chi connectivity index (χ1n) is 11.6. The topological polar surface area (TPSA) is 103 Å². The summed E-state index contributed by atoms with van der Waals surface area (Å²) in [4.78, 5) is 18.3. The molecular formula is C22H32FN7O2S. The number of aliphatic imine (C=N–C) groups is 1. The fourth-order valence-corrected chi connectivity index (χ4v) is 6.06. The number of anilines is 1. The van der Waals surface area contributed by atoms with Gasteiger partial charge in [0.25, 0.3) is 0 Å². The van der Waals surface area contributed by atoms with E-state index in [0.717, 1.165) is 31.7 Å². The molecule has 11 heteroatoms. The summed E-state index contributed by atoms with van der Waals surface area (Å²) in [6, 6.07) is 0.0571. The molecule has 1 aromatic heterocycles. The SMILES string of the molecule is C[C@@H]1OCC2(CCN(c3ncc(SN4C=CC=NC4N4CC(CF)C4)nc3CO)CC2)[C@@H]1N. The number of halogens is 1. The number of likely N-dealkylation sites (tertiary alicyclic amines) is 1. The van der Waals surface area contributed by atoms with E-state index in [4.69, 9.17) is 15.5 Å². The number of nitrogens with two attached hydrogens (primary N) is 1. The lowest BCUT2D eigenvalue weighted by atomic mass is 9.73. The van der Waals surface area contributed by atoms with E-state index in [1.54, 1.807) is 12.4 Å². The summed E-state index contributed by atoms with van der Waals surface area (Å²) in [6.07, 6.45) is 9.11. The molecule has 0 radical (unpaired) electrons. The van der Waals surface area contributed by atoms with Gasteiger partial charge in [0.05, 0.1) is 32.2 Å². The Bertz CT molecular complexity index is 905. The quantitative estimate of drug-likeness (QED) is 0.589. The van der Waals surface area contributed by atoms with Crippen molar-refractivity contribution < 1.29 is 14.2 Å². The number of rotatable bonds is 6. The lowest BCUT2D eigenvalue weighted by molar-refractivity contribution is 0.0104. The second-order valence-corrected chi connectivity index (χ2v) is 10.5. The number of aliphatic hydroxyl groups is 1. The van der Waals surface area contributed by atoms with Gasteiger partial charge in [-0.2, -0.15) is 0 Å². The molecule has 1 aromatic rings. The van der Waals surface area contributed by atoms with Crippen LogP contribution in [0.15, 0.2) is 28.5 Å². The number of piperidine rings is 1. The van der Waals surface area contributed by atoms with Gasteiger partial charge < -0.3 is 20.5 Å². The maximum Gasteiger partial charge on any atom is 0.187 e. The van der Waals surface area contributed by atoms with Gasteiger partial charge in [0, 0.05) is 67.9 Å². The number of hydrogen-bond acceptors (Lipinski definition) is 10. The Morgan fingerprint density at radius 1 is 1.33 bits per heavy atom. The zero-order valence-corrected chi connectivity index (χ0v) is 19.7. The van der Waals surface area contributed by atoms with E-state index >= 15 is 0 Å². The van der Waals surface area contributed by atoms with Crippen LogP contribution >= 0.6 is 11.9 Å². The fourth-order valence-electron chi connectivity index (χ4n) is 5.18. The first kappa shape index (κ1) is 23.0. The molecule has 0 aliphatic carbocycles. The molecule has 4 aliphatic heterocycles. The van der Waals surface area contributed by atoms with Crippen LogP contribution in [-0.2, 0) is 11.3 Å². The van der Waals surface area contributed by atoms with Crippen LogP contribution in [0, 0.1) is 11.3 Å². The van der Waals surface area contributed by atoms with Crippen molar-refractivity contribution in [2.75, 3.05) is 44.4 Å². The monoisotopic (exact) mass is 477 g/mol. The zero-order chi connectivity index (χ0) is 23.0. The summed E-state index contributed by atoms with van der Waals surface area (Å²) < 4.78 is 20.7. The van der Waals surface area contributed by atoms with Crippen molar-refractivity contribution in [2.45, 2.75) is 49.8 Å². The molecule has 3 atom stereocenters. The number of nitrogens with zero attached hydrogens (tertiary/aromatic N) is 6. The van der Waals surface area contributed by atoms with Gasteiger partial charge in [-0.3, -0.25) is 18.6 Å². The Morgan fingerprint density at radius 3 is 2.79 bits per heavy atom. The summed E-state index contributed by atoms with van der Waals surface area (Å²) in [5.74, 6) is 0.824. The Morgan fingerprint density at radius 2 is 2.12 bits per heavy atom. The van der Waals surface area contributed by atoms with Gasteiger partial charge in [-0.1, -0.05) is 0 Å². The molecule has 9 nitrogen and oxygen atoms in total. The Hall–Kier alpha value is -1.79. The summed E-state index contributed by atoms with van der Waals surface area (Å²) in [5, 5.41) is 10.7. The number of hydrogen-bond donors (Lipinski definition) is 2. The summed E-state index contributed by atoms with van der Waals surface area (Å²) in [7, 11) is 0. The second-order valence-electron chi connectivity index (χ2n) is 9.44. The van der Waals surface area contributed by atoms with Crippen LogP contribution in [0.25, 0.3) is 0 Å². The Kier molecular flexibility index (Phi) is 6.58. The lowest BCUT2D eigenvalue weighted by Gasteiger charge is -2.45. The van der Waals surface area contributed by atoms with Crippen LogP contribution in [0.5, 0.6) is 0 Å². The van der Waals surface area contributed by atoms with Crippen LogP contribution in [0.4, 0.5) is 10.2 Å². The number of ether oxygens (including phenoxy) is 1. The van der Waals surface area contributed by atoms with Crippen molar-refractivity contribution in [3.8, 4) is 0 Å². The molecule has 0 amide bonds. The fraction of sp³-hybridized carbons (Fsp3) is 0.682. The van der Waals surface area contributed by atoms with Crippen molar-refractivity contribution in [1.29, 1.82) is 0 Å². The number of alkyl halides is 1. The van der Waals surface area contributed by atoms with E-state index in [9.17, 15) is 9.50 Å². The molecule has 0 bridgehead atoms. The van der Waals surface area contributed by atoms with Gasteiger partial charge >= 0.3 is 0 Å². The predicted octanol–water partition coefficient (Wildman–Crippen LogP) is 1.39. The number of aromatic nitrogens is 2. The van der Waals surface area contributed by atoms with Crippen LogP contribution < -0.4 is 10.6 Å². The van der Waals surface area contributed by atoms with Crippen molar-refractivity contribution >= 4 is 24.0 Å². The highest BCUT2D eigenvalue weighted by molar-refractivity contribution is 7.97. The van der Waals surface area contributed by atoms with Crippen LogP contribution in [0.2, 0.25) is 0 Å².